The number of rotatable bonds is 4. The van der Waals surface area contributed by atoms with Crippen LogP contribution in [-0.4, -0.2) is 12.6 Å². The third-order valence-corrected chi connectivity index (χ3v) is 2.18. The molecule has 1 rings (SSSR count). The van der Waals surface area contributed by atoms with E-state index in [4.69, 9.17) is 9.15 Å². The highest BCUT2D eigenvalue weighted by atomic mass is 79.9. The Hall–Kier alpha value is -0.770. The maximum absolute atomic E-state index is 11.3. The minimum Gasteiger partial charge on any atom is -0.462 e. The largest absolute Gasteiger partial charge is 0.462 e. The topological polar surface area (TPSA) is 39.4 Å². The SMILES string of the molecule is CCCCOC(=O)c1ccoc1Br. The minimum atomic E-state index is -0.339. The van der Waals surface area contributed by atoms with E-state index in [1.54, 1.807) is 6.07 Å². The molecule has 13 heavy (non-hydrogen) atoms. The molecule has 72 valence electrons. The molecule has 0 saturated carbocycles. The fraction of sp³-hybridized carbons (Fsp3) is 0.444. The number of halogens is 1. The number of furan rings is 1. The molecule has 0 bridgehead atoms. The summed E-state index contributed by atoms with van der Waals surface area (Å²) in [7, 11) is 0. The lowest BCUT2D eigenvalue weighted by molar-refractivity contribution is 0.0497. The molecule has 4 heteroatoms. The van der Waals surface area contributed by atoms with Crippen molar-refractivity contribution in [3.63, 3.8) is 0 Å². The van der Waals surface area contributed by atoms with Crippen molar-refractivity contribution in [1.29, 1.82) is 0 Å². The standard InChI is InChI=1S/C9H11BrO3/c1-2-3-5-13-9(11)7-4-6-12-8(7)10/h4,6H,2-3,5H2,1H3. The number of carbonyl (C=O) groups excluding carboxylic acids is 1. The van der Waals surface area contributed by atoms with Crippen LogP contribution in [0.15, 0.2) is 21.4 Å². The van der Waals surface area contributed by atoms with Crippen LogP contribution < -0.4 is 0 Å². The van der Waals surface area contributed by atoms with Crippen LogP contribution in [0, 0.1) is 0 Å². The average molecular weight is 247 g/mol. The lowest BCUT2D eigenvalue weighted by Gasteiger charge is -2.01. The van der Waals surface area contributed by atoms with Crippen LogP contribution in [0.25, 0.3) is 0 Å². The van der Waals surface area contributed by atoms with Crippen molar-refractivity contribution in [2.24, 2.45) is 0 Å². The molecule has 3 nitrogen and oxygen atoms in total. The third-order valence-electron chi connectivity index (χ3n) is 1.57. The van der Waals surface area contributed by atoms with Crippen molar-refractivity contribution in [3.8, 4) is 0 Å². The van der Waals surface area contributed by atoms with Crippen molar-refractivity contribution in [1.82, 2.24) is 0 Å². The maximum atomic E-state index is 11.3. The van der Waals surface area contributed by atoms with Gasteiger partial charge in [-0.1, -0.05) is 13.3 Å². The van der Waals surface area contributed by atoms with Gasteiger partial charge in [-0.25, -0.2) is 4.79 Å². The van der Waals surface area contributed by atoms with E-state index in [-0.39, 0.29) is 5.97 Å². The molecule has 1 aromatic heterocycles. The highest BCUT2D eigenvalue weighted by molar-refractivity contribution is 9.10. The van der Waals surface area contributed by atoms with E-state index in [1.165, 1.54) is 6.26 Å². The van der Waals surface area contributed by atoms with Gasteiger partial charge in [0.25, 0.3) is 0 Å². The van der Waals surface area contributed by atoms with Crippen LogP contribution in [0.3, 0.4) is 0 Å². The van der Waals surface area contributed by atoms with Gasteiger partial charge in [0.15, 0.2) is 4.67 Å². The number of unbranched alkanes of at least 4 members (excludes halogenated alkanes) is 1. The number of hydrogen-bond donors (Lipinski definition) is 0. The second kappa shape index (κ2) is 5.07. The zero-order valence-electron chi connectivity index (χ0n) is 7.38. The summed E-state index contributed by atoms with van der Waals surface area (Å²) in [6.45, 7) is 2.51. The molecule has 0 radical (unpaired) electrons. The normalized spacial score (nSPS) is 10.0. The van der Waals surface area contributed by atoms with Gasteiger partial charge in [0.1, 0.15) is 5.56 Å². The van der Waals surface area contributed by atoms with Crippen molar-refractivity contribution >= 4 is 21.9 Å². The summed E-state index contributed by atoms with van der Waals surface area (Å²) < 4.78 is 10.3. The quantitative estimate of drug-likeness (QED) is 0.606. The van der Waals surface area contributed by atoms with Gasteiger partial charge in [0, 0.05) is 0 Å². The maximum Gasteiger partial charge on any atom is 0.342 e. The molecule has 0 N–H and O–H groups in total. The minimum absolute atomic E-state index is 0.339. The van der Waals surface area contributed by atoms with Crippen LogP contribution in [0.4, 0.5) is 0 Å². The summed E-state index contributed by atoms with van der Waals surface area (Å²) in [5, 5.41) is 0. The summed E-state index contributed by atoms with van der Waals surface area (Å²) in [5.74, 6) is -0.339. The van der Waals surface area contributed by atoms with Crippen LogP contribution in [0.1, 0.15) is 30.1 Å². The van der Waals surface area contributed by atoms with Gasteiger partial charge in [-0.05, 0) is 28.4 Å². The second-order valence-electron chi connectivity index (χ2n) is 2.60. The van der Waals surface area contributed by atoms with Crippen molar-refractivity contribution in [3.05, 3.63) is 22.6 Å². The van der Waals surface area contributed by atoms with Crippen molar-refractivity contribution in [2.75, 3.05) is 6.61 Å². The van der Waals surface area contributed by atoms with Crippen LogP contribution in [0.5, 0.6) is 0 Å². The van der Waals surface area contributed by atoms with E-state index < -0.39 is 0 Å². The van der Waals surface area contributed by atoms with E-state index in [2.05, 4.69) is 15.9 Å². The summed E-state index contributed by atoms with van der Waals surface area (Å²) in [5.41, 5.74) is 0.441. The van der Waals surface area contributed by atoms with Crippen LogP contribution >= 0.6 is 15.9 Å². The first-order valence-corrected chi connectivity index (χ1v) is 4.95. The fourth-order valence-electron chi connectivity index (χ4n) is 0.826. The highest BCUT2D eigenvalue weighted by Gasteiger charge is 2.13. The van der Waals surface area contributed by atoms with E-state index in [0.29, 0.717) is 16.8 Å². The Morgan fingerprint density at radius 1 is 1.69 bits per heavy atom. The zero-order valence-corrected chi connectivity index (χ0v) is 8.96. The lowest BCUT2D eigenvalue weighted by atomic mass is 10.3. The number of esters is 1. The van der Waals surface area contributed by atoms with E-state index in [9.17, 15) is 4.79 Å². The molecule has 0 aliphatic carbocycles. The van der Waals surface area contributed by atoms with Crippen LogP contribution in [0.2, 0.25) is 0 Å². The van der Waals surface area contributed by atoms with E-state index >= 15 is 0 Å². The molecule has 1 aromatic rings. The first-order chi connectivity index (χ1) is 6.25. The van der Waals surface area contributed by atoms with Crippen LogP contribution in [-0.2, 0) is 4.74 Å². The monoisotopic (exact) mass is 246 g/mol. The Kier molecular flexibility index (Phi) is 4.02. The molecule has 0 unspecified atom stereocenters. The average Bonchev–Trinajstić information content (AvgIpc) is 2.52. The fourth-order valence-corrected chi connectivity index (χ4v) is 1.23. The predicted molar refractivity (Wildman–Crippen MR) is 51.6 cm³/mol. The first-order valence-electron chi connectivity index (χ1n) is 4.15. The number of carbonyl (C=O) groups is 1. The lowest BCUT2D eigenvalue weighted by Crippen LogP contribution is -2.05. The molecule has 0 saturated heterocycles. The zero-order chi connectivity index (χ0) is 9.68. The number of ether oxygens (including phenoxy) is 1. The predicted octanol–water partition coefficient (Wildman–Crippen LogP) is 3.00. The third kappa shape index (κ3) is 2.88. The Bertz CT molecular complexity index is 280. The van der Waals surface area contributed by atoms with Gasteiger partial charge in [0.05, 0.1) is 12.9 Å². The molecular weight excluding hydrogens is 236 g/mol. The van der Waals surface area contributed by atoms with Gasteiger partial charge in [0.2, 0.25) is 0 Å². The summed E-state index contributed by atoms with van der Waals surface area (Å²) in [6, 6.07) is 1.58. The highest BCUT2D eigenvalue weighted by Crippen LogP contribution is 2.18. The molecule has 0 aromatic carbocycles. The Labute approximate surface area is 85.2 Å². The number of hydrogen-bond acceptors (Lipinski definition) is 3. The second-order valence-corrected chi connectivity index (χ2v) is 3.32. The Morgan fingerprint density at radius 3 is 3.00 bits per heavy atom. The van der Waals surface area contributed by atoms with Crippen molar-refractivity contribution < 1.29 is 13.9 Å². The van der Waals surface area contributed by atoms with Gasteiger partial charge >= 0.3 is 5.97 Å². The van der Waals surface area contributed by atoms with Gasteiger partial charge < -0.3 is 9.15 Å². The summed E-state index contributed by atoms with van der Waals surface area (Å²) in [4.78, 5) is 11.3. The molecule has 0 aliphatic heterocycles. The molecule has 0 atom stereocenters. The summed E-state index contributed by atoms with van der Waals surface area (Å²) in [6.07, 6.45) is 3.35. The molecule has 0 amide bonds. The Morgan fingerprint density at radius 2 is 2.46 bits per heavy atom. The van der Waals surface area contributed by atoms with E-state index in [1.807, 2.05) is 6.92 Å². The van der Waals surface area contributed by atoms with Crippen molar-refractivity contribution in [2.45, 2.75) is 19.8 Å². The first kappa shape index (κ1) is 10.3. The molecular formula is C9H11BrO3. The molecule has 0 spiro atoms. The Balaban J connectivity index is 2.45. The van der Waals surface area contributed by atoms with Gasteiger partial charge in [-0.15, -0.1) is 0 Å². The molecule has 1 heterocycles. The van der Waals surface area contributed by atoms with E-state index in [0.717, 1.165) is 12.8 Å². The van der Waals surface area contributed by atoms with Gasteiger partial charge in [-0.2, -0.15) is 0 Å². The summed E-state index contributed by atoms with van der Waals surface area (Å²) >= 11 is 3.11. The smallest absolute Gasteiger partial charge is 0.342 e. The molecule has 0 fully saturated rings. The van der Waals surface area contributed by atoms with Gasteiger partial charge in [-0.3, -0.25) is 0 Å². The molecule has 0 aliphatic rings.